The lowest BCUT2D eigenvalue weighted by Crippen LogP contribution is -1.87. The van der Waals surface area contributed by atoms with Crippen LogP contribution < -0.4 is 0 Å². The molecule has 0 aliphatic heterocycles. The predicted octanol–water partition coefficient (Wildman–Crippen LogP) is 6.28. The molecule has 0 aromatic heterocycles. The van der Waals surface area contributed by atoms with Crippen LogP contribution in [0, 0.1) is 6.92 Å². The molecule has 4 heteroatoms. The van der Waals surface area contributed by atoms with Gasteiger partial charge in [0, 0.05) is 10.6 Å². The summed E-state index contributed by atoms with van der Waals surface area (Å²) >= 11 is 24.3. The molecule has 0 saturated heterocycles. The summed E-state index contributed by atoms with van der Waals surface area (Å²) in [6, 6.07) is 8.98. The molecule has 0 spiro atoms. The average molecular weight is 306 g/mol. The first-order valence-corrected chi connectivity index (χ1v) is 6.42. The molecule has 0 fully saturated rings. The predicted molar refractivity (Wildman–Crippen MR) is 76.7 cm³/mol. The van der Waals surface area contributed by atoms with Crippen molar-refractivity contribution in [3.63, 3.8) is 0 Å². The Balaban J connectivity index is 2.72. The topological polar surface area (TPSA) is 0 Å². The Labute approximate surface area is 120 Å². The van der Waals surface area contributed by atoms with E-state index < -0.39 is 0 Å². The molecule has 2 aromatic rings. The third kappa shape index (κ3) is 2.56. The summed E-state index contributed by atoms with van der Waals surface area (Å²) in [5.41, 5.74) is 2.69. The van der Waals surface area contributed by atoms with Gasteiger partial charge in [0.25, 0.3) is 0 Å². The van der Waals surface area contributed by atoms with Crippen molar-refractivity contribution in [2.45, 2.75) is 6.92 Å². The van der Waals surface area contributed by atoms with Crippen LogP contribution in [0.3, 0.4) is 0 Å². The van der Waals surface area contributed by atoms with E-state index in [-0.39, 0.29) is 0 Å². The second-order valence-corrected chi connectivity index (χ2v) is 5.31. The van der Waals surface area contributed by atoms with Crippen molar-refractivity contribution >= 4 is 46.4 Å². The molecule has 0 aliphatic rings. The van der Waals surface area contributed by atoms with Gasteiger partial charge in [-0.2, -0.15) is 0 Å². The summed E-state index contributed by atoms with van der Waals surface area (Å²) < 4.78 is 0. The Morgan fingerprint density at radius 3 is 2.12 bits per heavy atom. The van der Waals surface area contributed by atoms with Gasteiger partial charge in [-0.3, -0.25) is 0 Å². The molecule has 88 valence electrons. The summed E-state index contributed by atoms with van der Waals surface area (Å²) in [4.78, 5) is 0. The van der Waals surface area contributed by atoms with E-state index in [0.29, 0.717) is 20.1 Å². The Hall–Kier alpha value is -0.400. The molecular weight excluding hydrogens is 298 g/mol. The van der Waals surface area contributed by atoms with Gasteiger partial charge in [-0.25, -0.2) is 0 Å². The summed E-state index contributed by atoms with van der Waals surface area (Å²) in [6.07, 6.45) is 0. The number of benzene rings is 2. The minimum Gasteiger partial charge on any atom is -0.0843 e. The Kier molecular flexibility index (Phi) is 3.89. The zero-order valence-corrected chi connectivity index (χ0v) is 11.9. The van der Waals surface area contributed by atoms with Gasteiger partial charge in [0.05, 0.1) is 15.1 Å². The molecule has 0 radical (unpaired) electrons. The zero-order valence-electron chi connectivity index (χ0n) is 8.90. The minimum atomic E-state index is 0.463. The summed E-state index contributed by atoms with van der Waals surface area (Å²) in [6.45, 7) is 1.95. The van der Waals surface area contributed by atoms with Crippen molar-refractivity contribution in [1.82, 2.24) is 0 Å². The highest BCUT2D eigenvalue weighted by atomic mass is 35.5. The molecule has 2 aromatic carbocycles. The SMILES string of the molecule is Cc1cc(Cl)ccc1-c1c(Cl)ccc(Cl)c1Cl. The molecule has 0 unspecified atom stereocenters. The van der Waals surface area contributed by atoms with E-state index in [1.165, 1.54) is 0 Å². The third-order valence-electron chi connectivity index (χ3n) is 2.50. The summed E-state index contributed by atoms with van der Waals surface area (Å²) in [5.74, 6) is 0. The van der Waals surface area contributed by atoms with Gasteiger partial charge in [-0.1, -0.05) is 52.5 Å². The van der Waals surface area contributed by atoms with E-state index in [1.54, 1.807) is 18.2 Å². The molecule has 2 rings (SSSR count). The highest BCUT2D eigenvalue weighted by Crippen LogP contribution is 2.40. The molecule has 0 atom stereocenters. The summed E-state index contributed by atoms with van der Waals surface area (Å²) in [5, 5.41) is 2.20. The van der Waals surface area contributed by atoms with Crippen molar-refractivity contribution < 1.29 is 0 Å². The minimum absolute atomic E-state index is 0.463. The molecular formula is C13H8Cl4. The molecule has 0 bridgehead atoms. The highest BCUT2D eigenvalue weighted by molar-refractivity contribution is 6.46. The van der Waals surface area contributed by atoms with Gasteiger partial charge < -0.3 is 0 Å². The maximum absolute atomic E-state index is 6.20. The van der Waals surface area contributed by atoms with Crippen LogP contribution >= 0.6 is 46.4 Å². The second-order valence-electron chi connectivity index (χ2n) is 3.68. The van der Waals surface area contributed by atoms with Crippen molar-refractivity contribution in [3.8, 4) is 11.1 Å². The second kappa shape index (κ2) is 5.07. The van der Waals surface area contributed by atoms with Gasteiger partial charge >= 0.3 is 0 Å². The standard InChI is InChI=1S/C13H8Cl4/c1-7-6-8(14)2-3-9(7)12-10(15)4-5-11(16)13(12)17/h2-6H,1H3. The number of rotatable bonds is 1. The van der Waals surface area contributed by atoms with Crippen molar-refractivity contribution in [2.75, 3.05) is 0 Å². The van der Waals surface area contributed by atoms with Gasteiger partial charge in [-0.05, 0) is 42.3 Å². The fourth-order valence-electron chi connectivity index (χ4n) is 1.68. The smallest absolute Gasteiger partial charge is 0.0685 e. The van der Waals surface area contributed by atoms with Gasteiger partial charge in [0.1, 0.15) is 0 Å². The van der Waals surface area contributed by atoms with Gasteiger partial charge in [-0.15, -0.1) is 0 Å². The number of aryl methyl sites for hydroxylation is 1. The number of halogens is 4. The fourth-order valence-corrected chi connectivity index (χ4v) is 2.64. The van der Waals surface area contributed by atoms with Crippen molar-refractivity contribution in [2.24, 2.45) is 0 Å². The van der Waals surface area contributed by atoms with E-state index in [0.717, 1.165) is 16.7 Å². The molecule has 17 heavy (non-hydrogen) atoms. The normalized spacial score (nSPS) is 10.6. The maximum atomic E-state index is 6.20. The lowest BCUT2D eigenvalue weighted by Gasteiger charge is -2.11. The molecule has 0 aliphatic carbocycles. The Bertz CT molecular complexity index is 576. The highest BCUT2D eigenvalue weighted by Gasteiger charge is 2.13. The molecule has 0 amide bonds. The first kappa shape index (κ1) is 13.0. The molecule has 0 heterocycles. The maximum Gasteiger partial charge on any atom is 0.0685 e. The molecule has 0 N–H and O–H groups in total. The molecule has 0 saturated carbocycles. The monoisotopic (exact) mass is 304 g/mol. The average Bonchev–Trinajstić information content (AvgIpc) is 2.27. The zero-order chi connectivity index (χ0) is 12.6. The van der Waals surface area contributed by atoms with E-state index in [9.17, 15) is 0 Å². The van der Waals surface area contributed by atoms with Gasteiger partial charge in [0.2, 0.25) is 0 Å². The Morgan fingerprint density at radius 1 is 0.824 bits per heavy atom. The first-order chi connectivity index (χ1) is 8.00. The lowest BCUT2D eigenvalue weighted by molar-refractivity contribution is 1.46. The first-order valence-electron chi connectivity index (χ1n) is 4.90. The van der Waals surface area contributed by atoms with Crippen LogP contribution in [0.5, 0.6) is 0 Å². The van der Waals surface area contributed by atoms with Crippen molar-refractivity contribution in [3.05, 3.63) is 56.0 Å². The fraction of sp³-hybridized carbons (Fsp3) is 0.0769. The lowest BCUT2D eigenvalue weighted by atomic mass is 10.0. The quantitative estimate of drug-likeness (QED) is 0.544. The van der Waals surface area contributed by atoms with Crippen LogP contribution in [0.15, 0.2) is 30.3 Å². The molecule has 0 nitrogen and oxygen atoms in total. The van der Waals surface area contributed by atoms with Crippen molar-refractivity contribution in [1.29, 1.82) is 0 Å². The van der Waals surface area contributed by atoms with E-state index >= 15 is 0 Å². The third-order valence-corrected chi connectivity index (χ3v) is 3.86. The van der Waals surface area contributed by atoms with E-state index in [2.05, 4.69) is 0 Å². The van der Waals surface area contributed by atoms with Crippen LogP contribution in [-0.4, -0.2) is 0 Å². The van der Waals surface area contributed by atoms with Crippen LogP contribution in [0.2, 0.25) is 20.1 Å². The van der Waals surface area contributed by atoms with E-state index in [1.807, 2.05) is 19.1 Å². The van der Waals surface area contributed by atoms with Crippen LogP contribution in [0.25, 0.3) is 11.1 Å². The van der Waals surface area contributed by atoms with Crippen LogP contribution in [-0.2, 0) is 0 Å². The van der Waals surface area contributed by atoms with Gasteiger partial charge in [0.15, 0.2) is 0 Å². The number of hydrogen-bond acceptors (Lipinski definition) is 0. The largest absolute Gasteiger partial charge is 0.0843 e. The summed E-state index contributed by atoms with van der Waals surface area (Å²) in [7, 11) is 0. The number of hydrogen-bond donors (Lipinski definition) is 0. The van der Waals surface area contributed by atoms with E-state index in [4.69, 9.17) is 46.4 Å². The van der Waals surface area contributed by atoms with Crippen LogP contribution in [0.1, 0.15) is 5.56 Å². The van der Waals surface area contributed by atoms with Crippen LogP contribution in [0.4, 0.5) is 0 Å². The Morgan fingerprint density at radius 2 is 1.47 bits per heavy atom.